The van der Waals surface area contributed by atoms with Crippen molar-refractivity contribution < 1.29 is 14.3 Å². The lowest BCUT2D eigenvalue weighted by Gasteiger charge is -2.16. The lowest BCUT2D eigenvalue weighted by Crippen LogP contribution is -2.25. The highest BCUT2D eigenvalue weighted by molar-refractivity contribution is 7.99. The Morgan fingerprint density at radius 1 is 1.44 bits per heavy atom. The van der Waals surface area contributed by atoms with Crippen molar-refractivity contribution in [1.29, 1.82) is 0 Å². The Morgan fingerprint density at radius 2 is 2.12 bits per heavy atom. The van der Waals surface area contributed by atoms with Gasteiger partial charge in [0.25, 0.3) is 0 Å². The summed E-state index contributed by atoms with van der Waals surface area (Å²) in [6.07, 6.45) is 0. The molecule has 0 spiro atoms. The molecule has 0 aliphatic heterocycles. The number of furan rings is 1. The first kappa shape index (κ1) is 13.1. The van der Waals surface area contributed by atoms with E-state index in [1.165, 1.54) is 6.07 Å². The van der Waals surface area contributed by atoms with Crippen molar-refractivity contribution in [2.75, 3.05) is 25.4 Å². The van der Waals surface area contributed by atoms with E-state index in [0.29, 0.717) is 5.09 Å². The van der Waals surface area contributed by atoms with Crippen LogP contribution in [-0.4, -0.2) is 41.4 Å². The van der Waals surface area contributed by atoms with Crippen LogP contribution in [0.15, 0.2) is 21.6 Å². The van der Waals surface area contributed by atoms with Crippen molar-refractivity contribution in [3.05, 3.63) is 17.9 Å². The molecule has 1 N–H and O–H groups in total. The number of rotatable bonds is 7. The van der Waals surface area contributed by atoms with Gasteiger partial charge in [-0.05, 0) is 25.2 Å². The van der Waals surface area contributed by atoms with Crippen molar-refractivity contribution in [3.63, 3.8) is 0 Å². The van der Waals surface area contributed by atoms with Crippen LogP contribution in [0.2, 0.25) is 0 Å². The summed E-state index contributed by atoms with van der Waals surface area (Å²) in [5.74, 6) is -0.102. The molecule has 1 aromatic heterocycles. The molecule has 0 aromatic carbocycles. The smallest absolute Gasteiger partial charge is 0.371 e. The molecular formula is C11H17NO3S. The second-order valence-electron chi connectivity index (χ2n) is 3.30. The molecule has 0 bridgehead atoms. The predicted molar refractivity (Wildman–Crippen MR) is 64.2 cm³/mol. The molecule has 1 heterocycles. The second kappa shape index (κ2) is 6.60. The maximum atomic E-state index is 10.6. The third-order valence-electron chi connectivity index (χ3n) is 2.34. The van der Waals surface area contributed by atoms with E-state index in [2.05, 4.69) is 18.7 Å². The van der Waals surface area contributed by atoms with Crippen molar-refractivity contribution in [2.24, 2.45) is 0 Å². The van der Waals surface area contributed by atoms with Gasteiger partial charge in [-0.2, -0.15) is 0 Å². The van der Waals surface area contributed by atoms with Gasteiger partial charge in [0.05, 0.1) is 0 Å². The third kappa shape index (κ3) is 3.90. The molecule has 0 aliphatic rings. The number of hydrogen-bond donors (Lipinski definition) is 1. The normalized spacial score (nSPS) is 10.9. The molecule has 0 fully saturated rings. The number of hydrogen-bond acceptors (Lipinski definition) is 4. The van der Waals surface area contributed by atoms with E-state index in [1.807, 2.05) is 0 Å². The standard InChI is InChI=1S/C11H17NO3S/c1-3-12(4-2)7-8-16-10-6-5-9(15-10)11(13)14/h5-6H,3-4,7-8H2,1-2H3,(H,13,14). The Kier molecular flexibility index (Phi) is 5.42. The monoisotopic (exact) mass is 243 g/mol. The Balaban J connectivity index is 2.34. The maximum absolute atomic E-state index is 10.6. The molecule has 5 heteroatoms. The lowest BCUT2D eigenvalue weighted by atomic mass is 10.5. The first-order valence-electron chi connectivity index (χ1n) is 5.35. The molecule has 90 valence electrons. The maximum Gasteiger partial charge on any atom is 0.371 e. The molecule has 1 aromatic rings. The summed E-state index contributed by atoms with van der Waals surface area (Å²) in [4.78, 5) is 12.9. The van der Waals surface area contributed by atoms with Gasteiger partial charge < -0.3 is 14.4 Å². The van der Waals surface area contributed by atoms with Crippen LogP contribution in [0.1, 0.15) is 24.4 Å². The van der Waals surface area contributed by atoms with E-state index in [0.717, 1.165) is 25.4 Å². The van der Waals surface area contributed by atoms with Crippen LogP contribution < -0.4 is 0 Å². The average Bonchev–Trinajstić information content (AvgIpc) is 2.73. The van der Waals surface area contributed by atoms with E-state index in [-0.39, 0.29) is 5.76 Å². The van der Waals surface area contributed by atoms with Gasteiger partial charge in [0.15, 0.2) is 5.09 Å². The fraction of sp³-hybridized carbons (Fsp3) is 0.545. The van der Waals surface area contributed by atoms with Gasteiger partial charge in [-0.1, -0.05) is 25.6 Å². The SMILES string of the molecule is CCN(CC)CCSc1ccc(C(=O)O)o1. The second-order valence-corrected chi connectivity index (χ2v) is 4.40. The zero-order chi connectivity index (χ0) is 12.0. The van der Waals surface area contributed by atoms with Gasteiger partial charge in [-0.3, -0.25) is 0 Å². The zero-order valence-electron chi connectivity index (χ0n) is 9.60. The number of carboxylic acid groups (broad SMARTS) is 1. The molecule has 0 atom stereocenters. The third-order valence-corrected chi connectivity index (χ3v) is 3.23. The molecule has 0 aliphatic carbocycles. The number of aromatic carboxylic acids is 1. The largest absolute Gasteiger partial charge is 0.475 e. The van der Waals surface area contributed by atoms with E-state index < -0.39 is 5.97 Å². The topological polar surface area (TPSA) is 53.7 Å². The van der Waals surface area contributed by atoms with Crippen LogP contribution in [0.3, 0.4) is 0 Å². The van der Waals surface area contributed by atoms with E-state index in [1.54, 1.807) is 17.8 Å². The highest BCUT2D eigenvalue weighted by Crippen LogP contribution is 2.20. The van der Waals surface area contributed by atoms with Gasteiger partial charge in [0, 0.05) is 12.3 Å². The molecule has 0 saturated heterocycles. The van der Waals surface area contributed by atoms with Crippen LogP contribution in [-0.2, 0) is 0 Å². The molecule has 1 rings (SSSR count). The Hall–Kier alpha value is -0.940. The minimum atomic E-state index is -1.02. The van der Waals surface area contributed by atoms with Gasteiger partial charge >= 0.3 is 5.97 Å². The van der Waals surface area contributed by atoms with Crippen molar-refractivity contribution in [3.8, 4) is 0 Å². The molecule has 4 nitrogen and oxygen atoms in total. The van der Waals surface area contributed by atoms with Crippen LogP contribution in [0, 0.1) is 0 Å². The Morgan fingerprint density at radius 3 is 2.62 bits per heavy atom. The van der Waals surface area contributed by atoms with Crippen molar-refractivity contribution >= 4 is 17.7 Å². The summed E-state index contributed by atoms with van der Waals surface area (Å²) in [5, 5.41) is 9.35. The first-order valence-corrected chi connectivity index (χ1v) is 6.34. The van der Waals surface area contributed by atoms with Crippen molar-refractivity contribution in [2.45, 2.75) is 18.9 Å². The highest BCUT2D eigenvalue weighted by Gasteiger charge is 2.09. The number of carboxylic acids is 1. The van der Waals surface area contributed by atoms with Gasteiger partial charge in [0.2, 0.25) is 5.76 Å². The van der Waals surface area contributed by atoms with Crippen molar-refractivity contribution in [1.82, 2.24) is 4.90 Å². The van der Waals surface area contributed by atoms with E-state index >= 15 is 0 Å². The molecular weight excluding hydrogens is 226 g/mol. The predicted octanol–water partition coefficient (Wildman–Crippen LogP) is 2.41. The van der Waals surface area contributed by atoms with Crippen LogP contribution in [0.4, 0.5) is 0 Å². The van der Waals surface area contributed by atoms with E-state index in [9.17, 15) is 4.79 Å². The summed E-state index contributed by atoms with van der Waals surface area (Å²) in [6.45, 7) is 7.32. The van der Waals surface area contributed by atoms with Crippen LogP contribution in [0.5, 0.6) is 0 Å². The van der Waals surface area contributed by atoms with Gasteiger partial charge in [-0.25, -0.2) is 4.79 Å². The number of nitrogens with zero attached hydrogens (tertiary/aromatic N) is 1. The molecule has 0 amide bonds. The molecule has 0 unspecified atom stereocenters. The summed E-state index contributed by atoms with van der Waals surface area (Å²) in [6, 6.07) is 3.19. The number of thioether (sulfide) groups is 1. The summed E-state index contributed by atoms with van der Waals surface area (Å²) < 4.78 is 5.14. The summed E-state index contributed by atoms with van der Waals surface area (Å²) in [5.41, 5.74) is 0. The summed E-state index contributed by atoms with van der Waals surface area (Å²) in [7, 11) is 0. The average molecular weight is 243 g/mol. The fourth-order valence-corrected chi connectivity index (χ4v) is 2.19. The number of carbonyl (C=O) groups is 1. The van der Waals surface area contributed by atoms with Crippen LogP contribution in [0.25, 0.3) is 0 Å². The molecule has 16 heavy (non-hydrogen) atoms. The Labute approximate surface area is 99.6 Å². The quantitative estimate of drug-likeness (QED) is 0.745. The highest BCUT2D eigenvalue weighted by atomic mass is 32.2. The van der Waals surface area contributed by atoms with Gasteiger partial charge in [-0.15, -0.1) is 0 Å². The van der Waals surface area contributed by atoms with Gasteiger partial charge in [0.1, 0.15) is 0 Å². The molecule has 0 saturated carbocycles. The fourth-order valence-electron chi connectivity index (χ4n) is 1.33. The van der Waals surface area contributed by atoms with Crippen LogP contribution >= 0.6 is 11.8 Å². The van der Waals surface area contributed by atoms with E-state index in [4.69, 9.17) is 9.52 Å². The summed E-state index contributed by atoms with van der Waals surface area (Å²) >= 11 is 1.55. The minimum absolute atomic E-state index is 0.00494. The molecule has 0 radical (unpaired) electrons. The Bertz CT molecular complexity index is 334. The zero-order valence-corrected chi connectivity index (χ0v) is 10.4. The first-order chi connectivity index (χ1) is 7.67. The minimum Gasteiger partial charge on any atom is -0.475 e. The lowest BCUT2D eigenvalue weighted by molar-refractivity contribution is 0.0656.